The summed E-state index contributed by atoms with van der Waals surface area (Å²) in [5.74, 6) is -0.244. The molecule has 0 fully saturated rings. The molecule has 0 aromatic rings. The molecule has 0 aromatic carbocycles. The van der Waals surface area contributed by atoms with Gasteiger partial charge in [-0.2, -0.15) is 0 Å². The van der Waals surface area contributed by atoms with E-state index in [1.54, 1.807) is 0 Å². The van der Waals surface area contributed by atoms with Gasteiger partial charge in [0.1, 0.15) is 0 Å². The van der Waals surface area contributed by atoms with Crippen molar-refractivity contribution in [1.82, 2.24) is 0 Å². The van der Waals surface area contributed by atoms with Crippen molar-refractivity contribution in [2.45, 2.75) is 71.0 Å². The van der Waals surface area contributed by atoms with E-state index in [1.165, 1.54) is 6.08 Å². The molecule has 0 saturated heterocycles. The highest BCUT2D eigenvalue weighted by atomic mass is 28.4. The van der Waals surface area contributed by atoms with Gasteiger partial charge in [-0.05, 0) is 16.6 Å². The Balaban J connectivity index is 5.38. The lowest BCUT2D eigenvalue weighted by molar-refractivity contribution is -0.130. The van der Waals surface area contributed by atoms with E-state index in [1.807, 2.05) is 0 Å². The van der Waals surface area contributed by atoms with E-state index in [-0.39, 0.29) is 5.97 Å². The highest BCUT2D eigenvalue weighted by molar-refractivity contribution is 6.79. The molecule has 0 aliphatic carbocycles. The lowest BCUT2D eigenvalue weighted by Crippen LogP contribution is -2.50. The predicted octanol–water partition coefficient (Wildman–Crippen LogP) is 4.67. The van der Waals surface area contributed by atoms with Crippen LogP contribution >= 0.6 is 0 Å². The van der Waals surface area contributed by atoms with E-state index in [4.69, 9.17) is 4.43 Å². The minimum absolute atomic E-state index is 0.244. The first-order valence-electron chi connectivity index (χ1n) is 6.72. The van der Waals surface area contributed by atoms with E-state index in [9.17, 15) is 4.79 Å². The first-order chi connectivity index (χ1) is 7.86. The molecule has 0 amide bonds. The molecule has 2 nitrogen and oxygen atoms in total. The zero-order chi connectivity index (χ0) is 13.6. The molecule has 0 heterocycles. The Hall–Kier alpha value is -0.573. The van der Waals surface area contributed by atoms with Crippen molar-refractivity contribution in [2.75, 3.05) is 0 Å². The van der Waals surface area contributed by atoms with Gasteiger partial charge in [0.15, 0.2) is 0 Å². The third-order valence-electron chi connectivity index (χ3n) is 4.11. The van der Waals surface area contributed by atoms with Gasteiger partial charge in [0, 0.05) is 6.08 Å². The Bertz CT molecular complexity index is 251. The summed E-state index contributed by atoms with van der Waals surface area (Å²) in [7, 11) is -2.08. The zero-order valence-electron chi connectivity index (χ0n) is 12.2. The standard InChI is InChI=1S/C14H28O2Si/c1-8-12(6)17(11(4)5,13(7)9-2)16-14(15)10-3/h10-13H,3,8-9H2,1-2,4-7H3. The van der Waals surface area contributed by atoms with Crippen molar-refractivity contribution in [2.24, 2.45) is 0 Å². The molecule has 0 aromatic heterocycles. The summed E-state index contributed by atoms with van der Waals surface area (Å²) in [5.41, 5.74) is 1.42. The van der Waals surface area contributed by atoms with Gasteiger partial charge in [-0.1, -0.05) is 61.0 Å². The molecule has 0 aliphatic heterocycles. The largest absolute Gasteiger partial charge is 0.515 e. The highest BCUT2D eigenvalue weighted by Crippen LogP contribution is 2.45. The molecule has 0 rings (SSSR count). The van der Waals surface area contributed by atoms with Gasteiger partial charge in [0.25, 0.3) is 8.32 Å². The van der Waals surface area contributed by atoms with Crippen molar-refractivity contribution >= 4 is 14.3 Å². The topological polar surface area (TPSA) is 26.3 Å². The molecule has 0 N–H and O–H groups in total. The summed E-state index contributed by atoms with van der Waals surface area (Å²) in [6.45, 7) is 16.7. The Labute approximate surface area is 108 Å². The average Bonchev–Trinajstić information content (AvgIpc) is 2.32. The van der Waals surface area contributed by atoms with Crippen LogP contribution in [0.2, 0.25) is 16.6 Å². The van der Waals surface area contributed by atoms with E-state index < -0.39 is 8.32 Å². The van der Waals surface area contributed by atoms with E-state index in [0.717, 1.165) is 12.8 Å². The Morgan fingerprint density at radius 3 is 1.82 bits per heavy atom. The van der Waals surface area contributed by atoms with Crippen LogP contribution in [0, 0.1) is 0 Å². The smallest absolute Gasteiger partial charge is 0.316 e. The normalized spacial score (nSPS) is 18.3. The monoisotopic (exact) mass is 256 g/mol. The quantitative estimate of drug-likeness (QED) is 0.488. The second kappa shape index (κ2) is 6.99. The number of hydrogen-bond donors (Lipinski definition) is 0. The maximum absolute atomic E-state index is 11.7. The molecule has 0 saturated carbocycles. The van der Waals surface area contributed by atoms with Crippen molar-refractivity contribution in [3.8, 4) is 0 Å². The van der Waals surface area contributed by atoms with E-state index >= 15 is 0 Å². The van der Waals surface area contributed by atoms with Gasteiger partial charge in [-0.25, -0.2) is 4.79 Å². The summed E-state index contributed by atoms with van der Waals surface area (Å²) >= 11 is 0. The summed E-state index contributed by atoms with van der Waals surface area (Å²) in [4.78, 5) is 11.7. The maximum Gasteiger partial charge on any atom is 0.316 e. The van der Waals surface area contributed by atoms with Gasteiger partial charge in [0.05, 0.1) is 0 Å². The Morgan fingerprint density at radius 1 is 1.18 bits per heavy atom. The minimum atomic E-state index is -2.08. The number of hydrogen-bond acceptors (Lipinski definition) is 2. The molecule has 100 valence electrons. The Morgan fingerprint density at radius 2 is 1.59 bits per heavy atom. The predicted molar refractivity (Wildman–Crippen MR) is 76.6 cm³/mol. The number of rotatable bonds is 7. The lowest BCUT2D eigenvalue weighted by Gasteiger charge is -2.43. The van der Waals surface area contributed by atoms with Gasteiger partial charge >= 0.3 is 5.97 Å². The van der Waals surface area contributed by atoms with Crippen LogP contribution in [-0.2, 0) is 9.22 Å². The van der Waals surface area contributed by atoms with Gasteiger partial charge in [-0.15, -0.1) is 0 Å². The van der Waals surface area contributed by atoms with Crippen LogP contribution in [0.15, 0.2) is 12.7 Å². The molecule has 2 unspecified atom stereocenters. The van der Waals surface area contributed by atoms with Crippen LogP contribution < -0.4 is 0 Å². The summed E-state index contributed by atoms with van der Waals surface area (Å²) in [5, 5.41) is 0. The second-order valence-electron chi connectivity index (χ2n) is 5.25. The summed E-state index contributed by atoms with van der Waals surface area (Å²) in [6.07, 6.45) is 3.44. The molecular formula is C14H28O2Si. The van der Waals surface area contributed by atoms with Crippen molar-refractivity contribution in [3.63, 3.8) is 0 Å². The Kier molecular flexibility index (Phi) is 6.76. The lowest BCUT2D eigenvalue weighted by atomic mass is 10.3. The molecule has 2 atom stereocenters. The first-order valence-corrected chi connectivity index (χ1v) is 8.86. The molecule has 0 spiro atoms. The fourth-order valence-electron chi connectivity index (χ4n) is 2.80. The molecule has 3 heteroatoms. The molecule has 0 bridgehead atoms. The number of carbonyl (C=O) groups excluding carboxylic acids is 1. The van der Waals surface area contributed by atoms with Crippen molar-refractivity contribution in [1.29, 1.82) is 0 Å². The van der Waals surface area contributed by atoms with Gasteiger partial charge in [0.2, 0.25) is 0 Å². The van der Waals surface area contributed by atoms with Crippen LogP contribution in [0.25, 0.3) is 0 Å². The van der Waals surface area contributed by atoms with Crippen LogP contribution in [-0.4, -0.2) is 14.3 Å². The first kappa shape index (κ1) is 16.4. The number of carbonyl (C=O) groups is 1. The minimum Gasteiger partial charge on any atom is -0.515 e. The zero-order valence-corrected chi connectivity index (χ0v) is 13.2. The fourth-order valence-corrected chi connectivity index (χ4v) is 8.39. The molecule has 0 aliphatic rings. The maximum atomic E-state index is 11.7. The fraction of sp³-hybridized carbons (Fsp3) is 0.786. The third-order valence-corrected chi connectivity index (χ3v) is 10.4. The van der Waals surface area contributed by atoms with Crippen LogP contribution in [0.1, 0.15) is 54.4 Å². The van der Waals surface area contributed by atoms with Crippen LogP contribution in [0.3, 0.4) is 0 Å². The van der Waals surface area contributed by atoms with Crippen molar-refractivity contribution in [3.05, 3.63) is 12.7 Å². The highest BCUT2D eigenvalue weighted by Gasteiger charge is 2.49. The van der Waals surface area contributed by atoms with E-state index in [0.29, 0.717) is 16.6 Å². The van der Waals surface area contributed by atoms with Crippen LogP contribution in [0.5, 0.6) is 0 Å². The molecule has 0 radical (unpaired) electrons. The SMILES string of the molecule is C=CC(=O)O[Si](C(C)C)(C(C)CC)C(C)CC. The van der Waals surface area contributed by atoms with Gasteiger partial charge in [-0.3, -0.25) is 0 Å². The molecular weight excluding hydrogens is 228 g/mol. The van der Waals surface area contributed by atoms with Gasteiger partial charge < -0.3 is 4.43 Å². The average molecular weight is 256 g/mol. The summed E-state index contributed by atoms with van der Waals surface area (Å²) < 4.78 is 5.94. The molecule has 17 heavy (non-hydrogen) atoms. The second-order valence-corrected chi connectivity index (χ2v) is 10.3. The van der Waals surface area contributed by atoms with Crippen LogP contribution in [0.4, 0.5) is 0 Å². The third kappa shape index (κ3) is 3.44. The summed E-state index contributed by atoms with van der Waals surface area (Å²) in [6, 6.07) is 0. The van der Waals surface area contributed by atoms with Crippen molar-refractivity contribution < 1.29 is 9.22 Å². The van der Waals surface area contributed by atoms with E-state index in [2.05, 4.69) is 48.1 Å².